The van der Waals surface area contributed by atoms with Crippen LogP contribution in [0.2, 0.25) is 0 Å². The van der Waals surface area contributed by atoms with Crippen LogP contribution >= 0.6 is 11.3 Å². The SMILES string of the molecule is Cc1nc(COc2ccccc2C(=O)OCC(=O)N2[C@@H](C)CCC[C@@H]2C)cs1. The molecule has 1 aromatic carbocycles. The lowest BCUT2D eigenvalue weighted by atomic mass is 9.97. The maximum Gasteiger partial charge on any atom is 0.342 e. The highest BCUT2D eigenvalue weighted by atomic mass is 32.1. The highest BCUT2D eigenvalue weighted by Gasteiger charge is 2.29. The first kappa shape index (κ1) is 20.3. The predicted octanol–water partition coefficient (Wildman–Crippen LogP) is 3.98. The zero-order valence-electron chi connectivity index (χ0n) is 16.5. The van der Waals surface area contributed by atoms with Gasteiger partial charge in [-0.05, 0) is 52.2 Å². The Balaban J connectivity index is 1.60. The summed E-state index contributed by atoms with van der Waals surface area (Å²) in [6.07, 6.45) is 3.09. The van der Waals surface area contributed by atoms with Gasteiger partial charge in [-0.3, -0.25) is 4.79 Å². The zero-order valence-corrected chi connectivity index (χ0v) is 17.3. The number of carbonyl (C=O) groups is 2. The third-order valence-electron chi connectivity index (χ3n) is 4.96. The molecule has 1 fully saturated rings. The van der Waals surface area contributed by atoms with E-state index in [1.165, 1.54) is 0 Å². The minimum atomic E-state index is -0.560. The van der Waals surface area contributed by atoms with Gasteiger partial charge in [0, 0.05) is 17.5 Å². The van der Waals surface area contributed by atoms with Crippen LogP contribution in [0.15, 0.2) is 29.6 Å². The first-order chi connectivity index (χ1) is 13.5. The lowest BCUT2D eigenvalue weighted by Crippen LogP contribution is -2.49. The molecule has 3 rings (SSSR count). The van der Waals surface area contributed by atoms with Crippen molar-refractivity contribution in [1.29, 1.82) is 0 Å². The Labute approximate surface area is 169 Å². The van der Waals surface area contributed by atoms with Crippen LogP contribution in [-0.4, -0.2) is 40.5 Å². The summed E-state index contributed by atoms with van der Waals surface area (Å²) in [7, 11) is 0. The molecule has 2 atom stereocenters. The summed E-state index contributed by atoms with van der Waals surface area (Å²) >= 11 is 1.55. The number of nitrogens with zero attached hydrogens (tertiary/aromatic N) is 2. The summed E-state index contributed by atoms with van der Waals surface area (Å²) in [4.78, 5) is 31.3. The number of rotatable bonds is 6. The standard InChI is InChI=1S/C21H26N2O4S/c1-14-7-6-8-15(2)23(14)20(24)12-27-21(25)18-9-4-5-10-19(18)26-11-17-13-28-16(3)22-17/h4-5,9-10,13-15H,6-8,11-12H2,1-3H3/t14-,15-/m0/s1. The normalized spacial score (nSPS) is 19.3. The molecule has 1 amide bonds. The average molecular weight is 403 g/mol. The van der Waals surface area contributed by atoms with Crippen molar-refractivity contribution in [3.05, 3.63) is 45.9 Å². The van der Waals surface area contributed by atoms with Gasteiger partial charge in [0.15, 0.2) is 6.61 Å². The molecule has 1 aliphatic rings. The number of piperidine rings is 1. The third kappa shape index (κ3) is 4.90. The Bertz CT molecular complexity index is 825. The lowest BCUT2D eigenvalue weighted by molar-refractivity contribution is -0.140. The highest BCUT2D eigenvalue weighted by molar-refractivity contribution is 7.09. The first-order valence-corrected chi connectivity index (χ1v) is 10.4. The lowest BCUT2D eigenvalue weighted by Gasteiger charge is -2.38. The molecule has 2 aromatic rings. The highest BCUT2D eigenvalue weighted by Crippen LogP contribution is 2.24. The van der Waals surface area contributed by atoms with Gasteiger partial charge in [0.05, 0.1) is 10.7 Å². The van der Waals surface area contributed by atoms with E-state index < -0.39 is 5.97 Å². The molecular weight excluding hydrogens is 376 g/mol. The predicted molar refractivity (Wildman–Crippen MR) is 108 cm³/mol. The molecule has 1 aromatic heterocycles. The number of aromatic nitrogens is 1. The van der Waals surface area contributed by atoms with E-state index in [2.05, 4.69) is 4.98 Å². The quantitative estimate of drug-likeness (QED) is 0.684. The van der Waals surface area contributed by atoms with E-state index >= 15 is 0 Å². The van der Waals surface area contributed by atoms with E-state index in [9.17, 15) is 9.59 Å². The summed E-state index contributed by atoms with van der Waals surface area (Å²) in [5.41, 5.74) is 1.12. The molecule has 7 heteroatoms. The number of hydrogen-bond donors (Lipinski definition) is 0. The topological polar surface area (TPSA) is 68.7 Å². The van der Waals surface area contributed by atoms with Crippen molar-refractivity contribution < 1.29 is 19.1 Å². The molecule has 0 aliphatic carbocycles. The van der Waals surface area contributed by atoms with Gasteiger partial charge in [-0.15, -0.1) is 11.3 Å². The van der Waals surface area contributed by atoms with Gasteiger partial charge in [0.25, 0.3) is 5.91 Å². The Morgan fingerprint density at radius 1 is 1.21 bits per heavy atom. The Kier molecular flexibility index (Phi) is 6.67. The number of para-hydroxylation sites is 1. The number of ether oxygens (including phenoxy) is 2. The van der Waals surface area contributed by atoms with Crippen LogP contribution in [0.3, 0.4) is 0 Å². The molecule has 0 spiro atoms. The summed E-state index contributed by atoms with van der Waals surface area (Å²) < 4.78 is 11.1. The molecular formula is C21H26N2O4S. The fourth-order valence-electron chi connectivity index (χ4n) is 3.58. The zero-order chi connectivity index (χ0) is 20.1. The van der Waals surface area contributed by atoms with Gasteiger partial charge in [0.1, 0.15) is 17.9 Å². The maximum absolute atomic E-state index is 12.6. The van der Waals surface area contributed by atoms with Crippen LogP contribution < -0.4 is 4.74 Å². The molecule has 1 aliphatic heterocycles. The molecule has 0 saturated carbocycles. The molecule has 2 heterocycles. The first-order valence-electron chi connectivity index (χ1n) is 9.57. The number of esters is 1. The number of amides is 1. The van der Waals surface area contributed by atoms with Crippen LogP contribution in [0.1, 0.15) is 54.2 Å². The third-order valence-corrected chi connectivity index (χ3v) is 5.78. The molecule has 0 N–H and O–H groups in total. The summed E-state index contributed by atoms with van der Waals surface area (Å²) in [6.45, 7) is 6.03. The molecule has 28 heavy (non-hydrogen) atoms. The summed E-state index contributed by atoms with van der Waals surface area (Å²) in [5.74, 6) is -0.287. The largest absolute Gasteiger partial charge is 0.486 e. The second-order valence-corrected chi connectivity index (χ2v) is 8.21. The van der Waals surface area contributed by atoms with Crippen molar-refractivity contribution >= 4 is 23.2 Å². The van der Waals surface area contributed by atoms with Crippen LogP contribution in [0, 0.1) is 6.92 Å². The fourth-order valence-corrected chi connectivity index (χ4v) is 4.18. The number of hydrogen-bond acceptors (Lipinski definition) is 6. The summed E-state index contributed by atoms with van der Waals surface area (Å²) in [6, 6.07) is 7.24. The fraction of sp³-hybridized carbons (Fsp3) is 0.476. The molecule has 1 saturated heterocycles. The smallest absolute Gasteiger partial charge is 0.342 e. The van der Waals surface area contributed by atoms with Crippen molar-refractivity contribution in [1.82, 2.24) is 9.88 Å². The van der Waals surface area contributed by atoms with Crippen molar-refractivity contribution in [3.8, 4) is 5.75 Å². The monoisotopic (exact) mass is 402 g/mol. The average Bonchev–Trinajstić information content (AvgIpc) is 3.10. The van der Waals surface area contributed by atoms with Crippen molar-refractivity contribution in [3.63, 3.8) is 0 Å². The van der Waals surface area contributed by atoms with Gasteiger partial charge in [-0.2, -0.15) is 0 Å². The van der Waals surface area contributed by atoms with Gasteiger partial charge in [-0.1, -0.05) is 12.1 Å². The van der Waals surface area contributed by atoms with Crippen molar-refractivity contribution in [2.45, 2.75) is 58.7 Å². The van der Waals surface area contributed by atoms with Crippen molar-refractivity contribution in [2.75, 3.05) is 6.61 Å². The minimum Gasteiger partial charge on any atom is -0.486 e. The van der Waals surface area contributed by atoms with E-state index in [1.54, 1.807) is 35.6 Å². The molecule has 150 valence electrons. The van der Waals surface area contributed by atoms with Gasteiger partial charge in [-0.25, -0.2) is 9.78 Å². The molecule has 0 radical (unpaired) electrons. The molecule has 6 nitrogen and oxygen atoms in total. The molecule has 0 bridgehead atoms. The Morgan fingerprint density at radius 2 is 1.93 bits per heavy atom. The van der Waals surface area contributed by atoms with Crippen LogP contribution in [0.4, 0.5) is 0 Å². The number of aryl methyl sites for hydroxylation is 1. The Hall–Kier alpha value is -2.41. The van der Waals surface area contributed by atoms with Crippen LogP contribution in [0.25, 0.3) is 0 Å². The van der Waals surface area contributed by atoms with E-state index in [0.717, 1.165) is 30.0 Å². The van der Waals surface area contributed by atoms with E-state index in [1.807, 2.05) is 31.1 Å². The van der Waals surface area contributed by atoms with Crippen LogP contribution in [0.5, 0.6) is 5.75 Å². The second-order valence-electron chi connectivity index (χ2n) is 7.15. The number of thiazole rings is 1. The van der Waals surface area contributed by atoms with Crippen LogP contribution in [-0.2, 0) is 16.1 Å². The van der Waals surface area contributed by atoms with E-state index in [-0.39, 0.29) is 31.2 Å². The number of carbonyl (C=O) groups excluding carboxylic acids is 2. The van der Waals surface area contributed by atoms with Gasteiger partial charge >= 0.3 is 5.97 Å². The van der Waals surface area contributed by atoms with Gasteiger partial charge in [0.2, 0.25) is 0 Å². The summed E-state index contributed by atoms with van der Waals surface area (Å²) in [5, 5.41) is 2.89. The number of likely N-dealkylation sites (tertiary alicyclic amines) is 1. The second kappa shape index (κ2) is 9.19. The van der Waals surface area contributed by atoms with E-state index in [4.69, 9.17) is 9.47 Å². The molecule has 0 unspecified atom stereocenters. The van der Waals surface area contributed by atoms with Gasteiger partial charge < -0.3 is 14.4 Å². The minimum absolute atomic E-state index is 0.149. The maximum atomic E-state index is 12.6. The Morgan fingerprint density at radius 3 is 2.61 bits per heavy atom. The number of benzene rings is 1. The van der Waals surface area contributed by atoms with Crippen molar-refractivity contribution in [2.24, 2.45) is 0 Å². The van der Waals surface area contributed by atoms with E-state index in [0.29, 0.717) is 11.3 Å².